The second kappa shape index (κ2) is 12.7. The van der Waals surface area contributed by atoms with Crippen LogP contribution in [0.1, 0.15) is 66.5 Å². The van der Waals surface area contributed by atoms with E-state index in [0.717, 1.165) is 102 Å². The Bertz CT molecular complexity index is 1490. The number of rotatable bonds is 8. The van der Waals surface area contributed by atoms with Gasteiger partial charge in [0.2, 0.25) is 0 Å². The first-order chi connectivity index (χ1) is 20.4. The summed E-state index contributed by atoms with van der Waals surface area (Å²) in [5.41, 5.74) is 14.0. The number of hydrogen-bond acceptors (Lipinski definition) is 4. The molecular formula is C35H39ClF2N4. The Kier molecular flexibility index (Phi) is 8.75. The number of nitrogens with zero attached hydrogens (tertiary/aromatic N) is 2. The Hall–Kier alpha value is -3.06. The highest BCUT2D eigenvalue weighted by molar-refractivity contribution is 6.32. The number of aryl methyl sites for hydroxylation is 2. The largest absolute Gasteiger partial charge is 0.398 e. The van der Waals surface area contributed by atoms with Gasteiger partial charge in [-0.1, -0.05) is 35.9 Å². The Labute approximate surface area is 252 Å². The lowest BCUT2D eigenvalue weighted by Crippen LogP contribution is -2.56. The molecule has 0 amide bonds. The van der Waals surface area contributed by atoms with Crippen molar-refractivity contribution in [3.63, 3.8) is 0 Å². The quantitative estimate of drug-likeness (QED) is 0.224. The van der Waals surface area contributed by atoms with E-state index in [4.69, 9.17) is 22.3 Å². The summed E-state index contributed by atoms with van der Waals surface area (Å²) in [5, 5.41) is 5.35. The Morgan fingerprint density at radius 1 is 0.976 bits per heavy atom. The van der Waals surface area contributed by atoms with Gasteiger partial charge in [0.25, 0.3) is 0 Å². The van der Waals surface area contributed by atoms with Gasteiger partial charge in [-0.05, 0) is 111 Å². The average Bonchev–Trinajstić information content (AvgIpc) is 3.00. The first kappa shape index (κ1) is 29.0. The van der Waals surface area contributed by atoms with Gasteiger partial charge in [-0.25, -0.2) is 8.78 Å². The molecular weight excluding hydrogens is 550 g/mol. The molecule has 4 aromatic rings. The normalized spacial score (nSPS) is 18.4. The number of benzene rings is 3. The third kappa shape index (κ3) is 5.90. The van der Waals surface area contributed by atoms with E-state index < -0.39 is 0 Å². The van der Waals surface area contributed by atoms with E-state index in [1.165, 1.54) is 36.2 Å². The lowest BCUT2D eigenvalue weighted by Gasteiger charge is -2.44. The number of aromatic nitrogens is 1. The van der Waals surface area contributed by atoms with E-state index >= 15 is 0 Å². The highest BCUT2D eigenvalue weighted by Gasteiger charge is 2.34. The Morgan fingerprint density at radius 3 is 2.33 bits per heavy atom. The van der Waals surface area contributed by atoms with Crippen LogP contribution in [0.2, 0.25) is 5.02 Å². The van der Waals surface area contributed by atoms with Crippen LogP contribution in [0.3, 0.4) is 0 Å². The molecule has 4 nitrogen and oxygen atoms in total. The summed E-state index contributed by atoms with van der Waals surface area (Å²) in [6.07, 6.45) is 7.09. The number of pyridine rings is 1. The number of piperazine rings is 1. The van der Waals surface area contributed by atoms with Crippen molar-refractivity contribution in [2.24, 2.45) is 0 Å². The van der Waals surface area contributed by atoms with Gasteiger partial charge in [-0.15, -0.1) is 0 Å². The fourth-order valence-electron chi connectivity index (χ4n) is 7.11. The fourth-order valence-corrected chi connectivity index (χ4v) is 7.36. The standard InChI is InChI=1S/C35H39ClF2N4/c1-22(5-4-7-27-30(36)18-17-29-34(39)28-6-2-3-8-31(28)41-35(27)29)42-20-19-40-21-32(42)33(23-9-13-25(37)14-10-23)24-11-15-26(38)16-12-24/h9-18,22,32-33,40H,2-8,19-21H2,1H3,(H2,39,41). The molecule has 0 radical (unpaired) electrons. The van der Waals surface area contributed by atoms with Crippen molar-refractivity contribution in [2.75, 3.05) is 25.4 Å². The van der Waals surface area contributed by atoms with Crippen molar-refractivity contribution in [1.82, 2.24) is 15.2 Å². The van der Waals surface area contributed by atoms with E-state index in [1.807, 2.05) is 36.4 Å². The Morgan fingerprint density at radius 2 is 1.64 bits per heavy atom. The minimum Gasteiger partial charge on any atom is -0.398 e. The predicted molar refractivity (Wildman–Crippen MR) is 168 cm³/mol. The second-order valence-corrected chi connectivity index (χ2v) is 12.3. The monoisotopic (exact) mass is 588 g/mol. The molecule has 0 saturated carbocycles. The van der Waals surface area contributed by atoms with Crippen LogP contribution >= 0.6 is 11.6 Å². The maximum absolute atomic E-state index is 13.9. The summed E-state index contributed by atoms with van der Waals surface area (Å²) in [4.78, 5) is 7.68. The molecule has 1 aliphatic heterocycles. The van der Waals surface area contributed by atoms with Crippen LogP contribution in [0.4, 0.5) is 14.5 Å². The van der Waals surface area contributed by atoms with Gasteiger partial charge in [-0.3, -0.25) is 9.88 Å². The number of nitrogens with one attached hydrogen (secondary N) is 1. The van der Waals surface area contributed by atoms with Gasteiger partial charge < -0.3 is 11.1 Å². The molecule has 1 aliphatic carbocycles. The molecule has 42 heavy (non-hydrogen) atoms. The van der Waals surface area contributed by atoms with E-state index in [-0.39, 0.29) is 23.6 Å². The molecule has 0 spiro atoms. The number of fused-ring (bicyclic) bond motifs is 2. The minimum absolute atomic E-state index is 0.0210. The molecule has 220 valence electrons. The average molecular weight is 589 g/mol. The van der Waals surface area contributed by atoms with Crippen LogP contribution in [0.15, 0.2) is 60.7 Å². The number of nitrogen functional groups attached to an aromatic ring is 1. The van der Waals surface area contributed by atoms with Gasteiger partial charge in [0.05, 0.1) is 5.52 Å². The van der Waals surface area contributed by atoms with Crippen LogP contribution in [0.5, 0.6) is 0 Å². The molecule has 2 aliphatic rings. The molecule has 6 rings (SSSR count). The molecule has 1 fully saturated rings. The minimum atomic E-state index is -0.257. The van der Waals surface area contributed by atoms with Crippen LogP contribution in [0, 0.1) is 11.6 Å². The van der Waals surface area contributed by atoms with Crippen molar-refractivity contribution in [3.8, 4) is 0 Å². The molecule has 2 heterocycles. The van der Waals surface area contributed by atoms with E-state index in [0.29, 0.717) is 6.04 Å². The molecule has 1 aromatic heterocycles. The van der Waals surface area contributed by atoms with Gasteiger partial charge in [0.15, 0.2) is 0 Å². The zero-order valence-corrected chi connectivity index (χ0v) is 24.9. The van der Waals surface area contributed by atoms with Gasteiger partial charge in [0.1, 0.15) is 11.6 Å². The van der Waals surface area contributed by atoms with Crippen molar-refractivity contribution in [3.05, 3.63) is 105 Å². The zero-order chi connectivity index (χ0) is 29.2. The molecule has 0 bridgehead atoms. The summed E-state index contributed by atoms with van der Waals surface area (Å²) < 4.78 is 27.7. The summed E-state index contributed by atoms with van der Waals surface area (Å²) in [6, 6.07) is 17.9. The van der Waals surface area contributed by atoms with E-state index in [9.17, 15) is 8.78 Å². The number of halogens is 3. The summed E-state index contributed by atoms with van der Waals surface area (Å²) in [7, 11) is 0. The van der Waals surface area contributed by atoms with Crippen molar-refractivity contribution >= 4 is 28.2 Å². The number of anilines is 1. The molecule has 3 aromatic carbocycles. The van der Waals surface area contributed by atoms with Crippen LogP contribution in [-0.2, 0) is 19.3 Å². The smallest absolute Gasteiger partial charge is 0.123 e. The van der Waals surface area contributed by atoms with Crippen LogP contribution < -0.4 is 11.1 Å². The highest BCUT2D eigenvalue weighted by Crippen LogP contribution is 2.37. The van der Waals surface area contributed by atoms with Gasteiger partial charge in [0, 0.05) is 59.4 Å². The first-order valence-electron chi connectivity index (χ1n) is 15.3. The molecule has 2 atom stereocenters. The summed E-state index contributed by atoms with van der Waals surface area (Å²) in [5.74, 6) is -0.535. The molecule has 2 unspecified atom stereocenters. The fraction of sp³-hybridized carbons (Fsp3) is 0.400. The topological polar surface area (TPSA) is 54.2 Å². The summed E-state index contributed by atoms with van der Waals surface area (Å²) in [6.45, 7) is 4.91. The van der Waals surface area contributed by atoms with E-state index in [2.05, 4.69) is 17.1 Å². The first-order valence-corrected chi connectivity index (χ1v) is 15.6. The highest BCUT2D eigenvalue weighted by atomic mass is 35.5. The molecule has 1 saturated heterocycles. The van der Waals surface area contributed by atoms with Gasteiger partial charge >= 0.3 is 0 Å². The second-order valence-electron chi connectivity index (χ2n) is 11.9. The van der Waals surface area contributed by atoms with Crippen molar-refractivity contribution < 1.29 is 8.78 Å². The molecule has 3 N–H and O–H groups in total. The van der Waals surface area contributed by atoms with Crippen LogP contribution in [-0.4, -0.2) is 41.6 Å². The molecule has 7 heteroatoms. The van der Waals surface area contributed by atoms with Crippen molar-refractivity contribution in [2.45, 2.75) is 69.9 Å². The third-order valence-electron chi connectivity index (χ3n) is 9.31. The summed E-state index contributed by atoms with van der Waals surface area (Å²) >= 11 is 6.77. The number of nitrogens with two attached hydrogens (primary N) is 1. The lowest BCUT2D eigenvalue weighted by atomic mass is 9.82. The zero-order valence-electron chi connectivity index (χ0n) is 24.2. The Balaban J connectivity index is 1.23. The maximum Gasteiger partial charge on any atom is 0.123 e. The number of hydrogen-bond donors (Lipinski definition) is 2. The third-order valence-corrected chi connectivity index (χ3v) is 9.66. The van der Waals surface area contributed by atoms with Crippen molar-refractivity contribution in [1.29, 1.82) is 0 Å². The lowest BCUT2D eigenvalue weighted by molar-refractivity contribution is 0.0976. The maximum atomic E-state index is 13.9. The van der Waals surface area contributed by atoms with Crippen LogP contribution in [0.25, 0.3) is 10.9 Å². The van der Waals surface area contributed by atoms with E-state index in [1.54, 1.807) is 0 Å². The predicted octanol–water partition coefficient (Wildman–Crippen LogP) is 7.44. The SMILES string of the molecule is CC(CCCc1c(Cl)ccc2c(N)c3c(nc12)CCCC3)N1CCNCC1C(c1ccc(F)cc1)c1ccc(F)cc1. The van der Waals surface area contributed by atoms with Gasteiger partial charge in [-0.2, -0.15) is 0 Å².